The lowest BCUT2D eigenvalue weighted by Gasteiger charge is -2.40. The number of nitrogens with one attached hydrogen (secondary N) is 1. The molecule has 4 rings (SSSR count). The maximum Gasteiger partial charge on any atom is 0.133 e. The first-order valence-electron chi connectivity index (χ1n) is 10.5. The standard InChI is InChI=1S/C24H31NO2/c26-24(16-6-8-19-14-15-19,20-9-7-17-25-18-20)22-12-4-5-13-23(22)27-21-10-2-1-3-11-21/h1-5,10-13,19-20,25-26H,6-9,14-18H2/t20-,24+/m1/s1. The lowest BCUT2D eigenvalue weighted by atomic mass is 9.74. The fourth-order valence-electron chi connectivity index (χ4n) is 4.41. The first-order valence-corrected chi connectivity index (χ1v) is 10.5. The summed E-state index contributed by atoms with van der Waals surface area (Å²) in [4.78, 5) is 0. The zero-order chi connectivity index (χ0) is 18.5. The van der Waals surface area contributed by atoms with Crippen LogP contribution in [0.5, 0.6) is 11.5 Å². The van der Waals surface area contributed by atoms with E-state index >= 15 is 0 Å². The van der Waals surface area contributed by atoms with E-state index in [0.29, 0.717) is 0 Å². The number of benzene rings is 2. The Morgan fingerprint density at radius 3 is 2.52 bits per heavy atom. The fourth-order valence-corrected chi connectivity index (χ4v) is 4.41. The Balaban J connectivity index is 1.61. The zero-order valence-corrected chi connectivity index (χ0v) is 16.1. The third-order valence-corrected chi connectivity index (χ3v) is 6.16. The summed E-state index contributed by atoms with van der Waals surface area (Å²) >= 11 is 0. The van der Waals surface area contributed by atoms with E-state index < -0.39 is 5.60 Å². The van der Waals surface area contributed by atoms with Gasteiger partial charge in [-0.2, -0.15) is 0 Å². The molecule has 2 fully saturated rings. The molecule has 2 aromatic rings. The van der Waals surface area contributed by atoms with Gasteiger partial charge in [-0.15, -0.1) is 0 Å². The second kappa shape index (κ2) is 8.45. The molecule has 0 unspecified atom stereocenters. The van der Waals surface area contributed by atoms with Gasteiger partial charge in [0.05, 0.1) is 5.60 Å². The SMILES string of the molecule is O[C@](CCCC1CC1)(c1ccccc1Oc1ccccc1)[C@@H]1CCCNC1. The van der Waals surface area contributed by atoms with Crippen LogP contribution in [-0.4, -0.2) is 18.2 Å². The summed E-state index contributed by atoms with van der Waals surface area (Å²) in [6.07, 6.45) is 8.06. The highest BCUT2D eigenvalue weighted by molar-refractivity contribution is 5.42. The van der Waals surface area contributed by atoms with Crippen molar-refractivity contribution >= 4 is 0 Å². The monoisotopic (exact) mass is 365 g/mol. The Morgan fingerprint density at radius 2 is 1.78 bits per heavy atom. The quantitative estimate of drug-likeness (QED) is 0.671. The van der Waals surface area contributed by atoms with Crippen molar-refractivity contribution in [1.82, 2.24) is 5.32 Å². The molecule has 1 aliphatic heterocycles. The predicted molar refractivity (Wildman–Crippen MR) is 109 cm³/mol. The number of rotatable bonds is 8. The Hall–Kier alpha value is -1.84. The van der Waals surface area contributed by atoms with Crippen LogP contribution in [0.4, 0.5) is 0 Å². The fraction of sp³-hybridized carbons (Fsp3) is 0.500. The van der Waals surface area contributed by atoms with E-state index in [4.69, 9.17) is 4.74 Å². The van der Waals surface area contributed by atoms with Gasteiger partial charge in [-0.3, -0.25) is 0 Å². The van der Waals surface area contributed by atoms with Gasteiger partial charge in [-0.1, -0.05) is 55.7 Å². The van der Waals surface area contributed by atoms with E-state index in [1.165, 1.54) is 19.3 Å². The van der Waals surface area contributed by atoms with E-state index in [0.717, 1.165) is 61.8 Å². The molecule has 2 aliphatic rings. The van der Waals surface area contributed by atoms with E-state index in [1.54, 1.807) is 0 Å². The van der Waals surface area contributed by atoms with Crippen molar-refractivity contribution in [3.8, 4) is 11.5 Å². The molecule has 1 aliphatic carbocycles. The van der Waals surface area contributed by atoms with E-state index in [2.05, 4.69) is 11.4 Å². The molecule has 0 aromatic heterocycles. The van der Waals surface area contributed by atoms with Crippen LogP contribution in [0, 0.1) is 11.8 Å². The molecule has 1 heterocycles. The number of ether oxygens (including phenoxy) is 1. The molecular formula is C24H31NO2. The Bertz CT molecular complexity index is 722. The van der Waals surface area contributed by atoms with Crippen molar-refractivity contribution in [3.05, 3.63) is 60.2 Å². The van der Waals surface area contributed by atoms with Crippen molar-refractivity contribution in [2.45, 2.75) is 50.5 Å². The van der Waals surface area contributed by atoms with Gasteiger partial charge in [0.25, 0.3) is 0 Å². The normalized spacial score (nSPS) is 22.2. The third kappa shape index (κ3) is 4.53. The van der Waals surface area contributed by atoms with Crippen LogP contribution in [0.2, 0.25) is 0 Å². The molecule has 0 amide bonds. The Kier molecular flexibility index (Phi) is 5.80. The Morgan fingerprint density at radius 1 is 1.00 bits per heavy atom. The zero-order valence-electron chi connectivity index (χ0n) is 16.1. The summed E-state index contributed by atoms with van der Waals surface area (Å²) < 4.78 is 6.21. The van der Waals surface area contributed by atoms with Crippen molar-refractivity contribution in [1.29, 1.82) is 0 Å². The first-order chi connectivity index (χ1) is 13.3. The first kappa shape index (κ1) is 18.5. The molecule has 3 nitrogen and oxygen atoms in total. The number of hydrogen-bond acceptors (Lipinski definition) is 3. The summed E-state index contributed by atoms with van der Waals surface area (Å²) in [7, 11) is 0. The molecule has 1 saturated heterocycles. The maximum atomic E-state index is 12.0. The molecule has 27 heavy (non-hydrogen) atoms. The van der Waals surface area contributed by atoms with E-state index in [-0.39, 0.29) is 5.92 Å². The average molecular weight is 366 g/mol. The van der Waals surface area contributed by atoms with Gasteiger partial charge in [0.1, 0.15) is 11.5 Å². The summed E-state index contributed by atoms with van der Waals surface area (Å²) in [5, 5.41) is 15.5. The minimum absolute atomic E-state index is 0.228. The number of aliphatic hydroxyl groups is 1. The van der Waals surface area contributed by atoms with Crippen LogP contribution in [0.3, 0.4) is 0 Å². The lowest BCUT2D eigenvalue weighted by Crippen LogP contribution is -2.44. The minimum Gasteiger partial charge on any atom is -0.457 e. The van der Waals surface area contributed by atoms with Crippen molar-refractivity contribution in [2.24, 2.45) is 11.8 Å². The molecule has 2 aromatic carbocycles. The van der Waals surface area contributed by atoms with Crippen LogP contribution < -0.4 is 10.1 Å². The second-order valence-electron chi connectivity index (χ2n) is 8.21. The molecule has 0 radical (unpaired) electrons. The number of para-hydroxylation sites is 2. The van der Waals surface area contributed by atoms with Crippen LogP contribution in [0.1, 0.15) is 50.5 Å². The predicted octanol–water partition coefficient (Wildman–Crippen LogP) is 5.25. The van der Waals surface area contributed by atoms with E-state index in [1.807, 2.05) is 48.5 Å². The molecule has 0 spiro atoms. The molecule has 3 heteroatoms. The molecule has 2 atom stereocenters. The molecular weight excluding hydrogens is 334 g/mol. The average Bonchev–Trinajstić information content (AvgIpc) is 3.54. The summed E-state index contributed by atoms with van der Waals surface area (Å²) in [6, 6.07) is 17.9. The van der Waals surface area contributed by atoms with Crippen molar-refractivity contribution in [3.63, 3.8) is 0 Å². The van der Waals surface area contributed by atoms with Crippen LogP contribution in [-0.2, 0) is 5.60 Å². The van der Waals surface area contributed by atoms with Gasteiger partial charge >= 0.3 is 0 Å². The largest absolute Gasteiger partial charge is 0.457 e. The minimum atomic E-state index is -0.840. The van der Waals surface area contributed by atoms with Crippen LogP contribution >= 0.6 is 0 Å². The van der Waals surface area contributed by atoms with Crippen LogP contribution in [0.15, 0.2) is 54.6 Å². The van der Waals surface area contributed by atoms with E-state index in [9.17, 15) is 5.11 Å². The van der Waals surface area contributed by atoms with Gasteiger partial charge in [0.15, 0.2) is 0 Å². The maximum absolute atomic E-state index is 12.0. The molecule has 2 N–H and O–H groups in total. The second-order valence-corrected chi connectivity index (χ2v) is 8.21. The topological polar surface area (TPSA) is 41.5 Å². The lowest BCUT2D eigenvalue weighted by molar-refractivity contribution is -0.0441. The highest BCUT2D eigenvalue weighted by Crippen LogP contribution is 2.44. The van der Waals surface area contributed by atoms with Crippen molar-refractivity contribution < 1.29 is 9.84 Å². The van der Waals surface area contributed by atoms with Gasteiger partial charge in [0.2, 0.25) is 0 Å². The van der Waals surface area contributed by atoms with Crippen molar-refractivity contribution in [2.75, 3.05) is 13.1 Å². The highest BCUT2D eigenvalue weighted by atomic mass is 16.5. The third-order valence-electron chi connectivity index (χ3n) is 6.16. The number of hydrogen-bond donors (Lipinski definition) is 2. The van der Waals surface area contributed by atoms with Gasteiger partial charge < -0.3 is 15.2 Å². The smallest absolute Gasteiger partial charge is 0.133 e. The number of piperidine rings is 1. The van der Waals surface area contributed by atoms with Gasteiger partial charge in [-0.25, -0.2) is 0 Å². The summed E-state index contributed by atoms with van der Waals surface area (Å²) in [6.45, 7) is 1.93. The van der Waals surface area contributed by atoms with Gasteiger partial charge in [0, 0.05) is 18.0 Å². The summed E-state index contributed by atoms with van der Waals surface area (Å²) in [5.74, 6) is 2.72. The molecule has 144 valence electrons. The summed E-state index contributed by atoms with van der Waals surface area (Å²) in [5.41, 5.74) is 0.103. The van der Waals surface area contributed by atoms with Gasteiger partial charge in [-0.05, 0) is 56.3 Å². The highest BCUT2D eigenvalue weighted by Gasteiger charge is 2.41. The Labute approximate surface area is 162 Å². The molecule has 1 saturated carbocycles. The molecule has 0 bridgehead atoms. The van der Waals surface area contributed by atoms with Crippen LogP contribution in [0.25, 0.3) is 0 Å².